The fourth-order valence-corrected chi connectivity index (χ4v) is 2.21. The van der Waals surface area contributed by atoms with Crippen LogP contribution in [0.3, 0.4) is 0 Å². The molecule has 1 aromatic carbocycles. The van der Waals surface area contributed by atoms with Gasteiger partial charge in [0.05, 0.1) is 5.92 Å². The van der Waals surface area contributed by atoms with Gasteiger partial charge in [0.2, 0.25) is 0 Å². The second-order valence-corrected chi connectivity index (χ2v) is 5.40. The average molecular weight is 352 g/mol. The number of amides is 1. The van der Waals surface area contributed by atoms with Crippen molar-refractivity contribution in [1.29, 1.82) is 0 Å². The van der Waals surface area contributed by atoms with Gasteiger partial charge in [-0.1, -0.05) is 11.6 Å². The Morgan fingerprint density at radius 1 is 1.39 bits per heavy atom. The number of hydrogen-bond acceptors (Lipinski definition) is 4. The molecule has 5 nitrogen and oxygen atoms in total. The van der Waals surface area contributed by atoms with Gasteiger partial charge in [-0.2, -0.15) is 13.2 Å². The first-order chi connectivity index (χ1) is 10.7. The van der Waals surface area contributed by atoms with Gasteiger partial charge in [-0.3, -0.25) is 9.59 Å². The average Bonchev–Trinajstić information content (AvgIpc) is 2.49. The van der Waals surface area contributed by atoms with E-state index in [2.05, 4.69) is 0 Å². The molecule has 23 heavy (non-hydrogen) atoms. The number of rotatable bonds is 4. The number of halogens is 4. The van der Waals surface area contributed by atoms with E-state index in [0.29, 0.717) is 17.2 Å². The quantitative estimate of drug-likeness (QED) is 0.844. The van der Waals surface area contributed by atoms with Gasteiger partial charge in [0, 0.05) is 5.02 Å². The third-order valence-corrected chi connectivity index (χ3v) is 3.33. The van der Waals surface area contributed by atoms with Crippen LogP contribution in [0.1, 0.15) is 5.56 Å². The summed E-state index contributed by atoms with van der Waals surface area (Å²) in [6, 6.07) is 5.00. The number of carbonyl (C=O) groups is 2. The Labute approximate surface area is 134 Å². The van der Waals surface area contributed by atoms with Crippen molar-refractivity contribution in [3.63, 3.8) is 0 Å². The summed E-state index contributed by atoms with van der Waals surface area (Å²) in [7, 11) is 0. The molecule has 0 saturated heterocycles. The van der Waals surface area contributed by atoms with Crippen molar-refractivity contribution in [3.05, 3.63) is 28.8 Å². The topological polar surface area (TPSA) is 64.6 Å². The lowest BCUT2D eigenvalue weighted by atomic mass is 9.97. The zero-order chi connectivity index (χ0) is 17.0. The number of esters is 1. The zero-order valence-corrected chi connectivity index (χ0v) is 12.5. The molecule has 1 aliphatic heterocycles. The van der Waals surface area contributed by atoms with Gasteiger partial charge < -0.3 is 14.8 Å². The van der Waals surface area contributed by atoms with Crippen molar-refractivity contribution in [2.24, 2.45) is 5.92 Å². The molecule has 9 heteroatoms. The first-order valence-corrected chi connectivity index (χ1v) is 7.04. The van der Waals surface area contributed by atoms with Gasteiger partial charge in [0.25, 0.3) is 5.91 Å². The minimum absolute atomic E-state index is 0.0671. The SMILES string of the molecule is O=C(COC(=O)[C@H]1COc2ccc(Cl)cc2C1)NCC(F)(F)F. The summed E-state index contributed by atoms with van der Waals surface area (Å²) in [5.74, 6) is -1.76. The number of nitrogens with one attached hydrogen (secondary N) is 1. The van der Waals surface area contributed by atoms with E-state index in [1.54, 1.807) is 23.5 Å². The second kappa shape index (κ2) is 7.08. The van der Waals surface area contributed by atoms with Gasteiger partial charge >= 0.3 is 12.1 Å². The Hall–Kier alpha value is -1.96. The molecule has 0 unspecified atom stereocenters. The number of benzene rings is 1. The molecule has 1 atom stereocenters. The summed E-state index contributed by atoms with van der Waals surface area (Å²) < 4.78 is 45.9. The molecule has 0 fully saturated rings. The Kier molecular flexibility index (Phi) is 5.35. The molecule has 0 aromatic heterocycles. The Morgan fingerprint density at radius 3 is 2.83 bits per heavy atom. The van der Waals surface area contributed by atoms with Crippen molar-refractivity contribution >= 4 is 23.5 Å². The minimum Gasteiger partial charge on any atom is -0.492 e. The molecule has 1 N–H and O–H groups in total. The summed E-state index contributed by atoms with van der Waals surface area (Å²) in [5, 5.41) is 2.11. The van der Waals surface area contributed by atoms with E-state index in [0.717, 1.165) is 5.56 Å². The van der Waals surface area contributed by atoms with Gasteiger partial charge in [-0.25, -0.2) is 0 Å². The summed E-state index contributed by atoms with van der Waals surface area (Å²) in [6.45, 7) is -2.17. The van der Waals surface area contributed by atoms with Gasteiger partial charge in [-0.15, -0.1) is 0 Å². The molecular weight excluding hydrogens is 339 g/mol. The van der Waals surface area contributed by atoms with Gasteiger partial charge in [0.15, 0.2) is 6.61 Å². The molecule has 1 aromatic rings. The molecule has 126 valence electrons. The lowest BCUT2D eigenvalue weighted by molar-refractivity contribution is -0.155. The van der Waals surface area contributed by atoms with Crippen molar-refractivity contribution in [3.8, 4) is 5.75 Å². The Morgan fingerprint density at radius 2 is 2.13 bits per heavy atom. The highest BCUT2D eigenvalue weighted by Gasteiger charge is 2.29. The maximum atomic E-state index is 11.9. The van der Waals surface area contributed by atoms with Crippen LogP contribution in [0.5, 0.6) is 5.75 Å². The normalized spacial score (nSPS) is 17.0. The van der Waals surface area contributed by atoms with Crippen molar-refractivity contribution < 1.29 is 32.2 Å². The molecule has 0 radical (unpaired) electrons. The summed E-state index contributed by atoms with van der Waals surface area (Å²) in [6.07, 6.45) is -4.20. The molecule has 1 heterocycles. The smallest absolute Gasteiger partial charge is 0.405 e. The first-order valence-electron chi connectivity index (χ1n) is 6.66. The third-order valence-electron chi connectivity index (χ3n) is 3.09. The Balaban J connectivity index is 1.82. The fraction of sp³-hybridized carbons (Fsp3) is 0.429. The second-order valence-electron chi connectivity index (χ2n) is 4.96. The van der Waals surface area contributed by atoms with E-state index in [4.69, 9.17) is 21.1 Å². The molecular formula is C14H13ClF3NO4. The van der Waals surface area contributed by atoms with Crippen LogP contribution >= 0.6 is 11.6 Å². The van der Waals surface area contributed by atoms with E-state index in [9.17, 15) is 22.8 Å². The highest BCUT2D eigenvalue weighted by atomic mass is 35.5. The maximum absolute atomic E-state index is 11.9. The molecule has 1 amide bonds. The van der Waals surface area contributed by atoms with E-state index < -0.39 is 37.1 Å². The van der Waals surface area contributed by atoms with Gasteiger partial charge in [0.1, 0.15) is 18.9 Å². The standard InChI is InChI=1S/C14H13ClF3NO4/c15-10-1-2-11-8(4-10)3-9(5-22-11)13(21)23-6-12(20)19-7-14(16,17)18/h1-2,4,9H,3,5-7H2,(H,19,20)/t9-/m1/s1. The largest absolute Gasteiger partial charge is 0.492 e. The van der Waals surface area contributed by atoms with Crippen LogP contribution in [-0.2, 0) is 20.7 Å². The lowest BCUT2D eigenvalue weighted by Gasteiger charge is -2.24. The van der Waals surface area contributed by atoms with E-state index >= 15 is 0 Å². The maximum Gasteiger partial charge on any atom is 0.405 e. The highest BCUT2D eigenvalue weighted by Crippen LogP contribution is 2.30. The number of hydrogen-bond donors (Lipinski definition) is 1. The summed E-state index contributed by atoms with van der Waals surface area (Å²) in [5.41, 5.74) is 0.729. The van der Waals surface area contributed by atoms with Crippen LogP contribution in [0.4, 0.5) is 13.2 Å². The summed E-state index contributed by atoms with van der Waals surface area (Å²) >= 11 is 5.86. The molecule has 0 bridgehead atoms. The van der Waals surface area contributed by atoms with E-state index in [-0.39, 0.29) is 6.61 Å². The number of carbonyl (C=O) groups excluding carboxylic acids is 2. The van der Waals surface area contributed by atoms with Gasteiger partial charge in [-0.05, 0) is 30.2 Å². The third kappa shape index (κ3) is 5.31. The zero-order valence-electron chi connectivity index (χ0n) is 11.8. The predicted octanol–water partition coefficient (Wildman–Crippen LogP) is 2.11. The highest BCUT2D eigenvalue weighted by molar-refractivity contribution is 6.30. The summed E-state index contributed by atoms with van der Waals surface area (Å²) in [4.78, 5) is 23.0. The predicted molar refractivity (Wildman–Crippen MR) is 74.2 cm³/mol. The van der Waals surface area contributed by atoms with Crippen LogP contribution in [0.2, 0.25) is 5.02 Å². The first kappa shape index (κ1) is 17.4. The minimum atomic E-state index is -4.51. The van der Waals surface area contributed by atoms with Crippen LogP contribution in [0.15, 0.2) is 18.2 Å². The number of alkyl halides is 3. The van der Waals surface area contributed by atoms with Crippen molar-refractivity contribution in [2.75, 3.05) is 19.8 Å². The number of ether oxygens (including phenoxy) is 2. The Bertz CT molecular complexity index is 606. The fourth-order valence-electron chi connectivity index (χ4n) is 2.02. The molecule has 0 saturated carbocycles. The van der Waals surface area contributed by atoms with Crippen LogP contribution in [-0.4, -0.2) is 37.8 Å². The van der Waals surface area contributed by atoms with Crippen LogP contribution < -0.4 is 10.1 Å². The van der Waals surface area contributed by atoms with E-state index in [1.165, 1.54) is 0 Å². The molecule has 0 spiro atoms. The van der Waals surface area contributed by atoms with E-state index in [1.807, 2.05) is 0 Å². The monoisotopic (exact) mass is 351 g/mol. The molecule has 0 aliphatic carbocycles. The number of fused-ring (bicyclic) bond motifs is 1. The van der Waals surface area contributed by atoms with Crippen molar-refractivity contribution in [2.45, 2.75) is 12.6 Å². The molecule has 2 rings (SSSR count). The van der Waals surface area contributed by atoms with Crippen LogP contribution in [0, 0.1) is 5.92 Å². The lowest BCUT2D eigenvalue weighted by Crippen LogP contribution is -2.38. The van der Waals surface area contributed by atoms with Crippen molar-refractivity contribution in [1.82, 2.24) is 5.32 Å². The molecule has 1 aliphatic rings. The van der Waals surface area contributed by atoms with Crippen LogP contribution in [0.25, 0.3) is 0 Å².